The summed E-state index contributed by atoms with van der Waals surface area (Å²) in [5.41, 5.74) is 6.27. The number of nitrogens with zero attached hydrogens (tertiary/aromatic N) is 1. The normalized spacial score (nSPS) is 10.1. The fourth-order valence-electron chi connectivity index (χ4n) is 1.57. The number of rotatable bonds is 6. The van der Waals surface area contributed by atoms with Crippen LogP contribution in [0, 0.1) is 6.92 Å². The van der Waals surface area contributed by atoms with Crippen molar-refractivity contribution < 1.29 is 9.53 Å². The lowest BCUT2D eigenvalue weighted by molar-refractivity contribution is -0.123. The van der Waals surface area contributed by atoms with Crippen LogP contribution in [-0.2, 0) is 11.3 Å². The zero-order valence-electron chi connectivity index (χ0n) is 11.5. The number of ether oxygens (including phenoxy) is 1. The number of benzene rings is 1. The first kappa shape index (κ1) is 15.4. The van der Waals surface area contributed by atoms with Crippen molar-refractivity contribution in [1.82, 2.24) is 10.3 Å². The van der Waals surface area contributed by atoms with E-state index in [-0.39, 0.29) is 12.5 Å². The van der Waals surface area contributed by atoms with Gasteiger partial charge in [-0.1, -0.05) is 12.2 Å². The monoisotopic (exact) mass is 321 g/mol. The number of hydrogen-bond donors (Lipinski definition) is 2. The molecule has 2 rings (SSSR count). The van der Waals surface area contributed by atoms with Crippen LogP contribution in [-0.4, -0.2) is 22.5 Å². The van der Waals surface area contributed by atoms with Gasteiger partial charge in [-0.15, -0.1) is 11.3 Å². The van der Waals surface area contributed by atoms with E-state index in [0.717, 1.165) is 15.4 Å². The molecule has 3 N–H and O–H groups in total. The summed E-state index contributed by atoms with van der Waals surface area (Å²) in [6.07, 6.45) is 1.78. The lowest BCUT2D eigenvalue weighted by atomic mass is 10.2. The number of aryl methyl sites for hydroxylation is 1. The molecule has 2 aromatic rings. The van der Waals surface area contributed by atoms with Crippen molar-refractivity contribution in [2.24, 2.45) is 5.73 Å². The Kier molecular flexibility index (Phi) is 5.24. The van der Waals surface area contributed by atoms with Gasteiger partial charge in [0.1, 0.15) is 15.7 Å². The molecule has 0 saturated carbocycles. The molecular weight excluding hydrogens is 306 g/mol. The Hall–Kier alpha value is -1.99. The number of nitrogens with two attached hydrogens (primary N) is 1. The molecule has 0 aliphatic heterocycles. The molecule has 0 spiro atoms. The van der Waals surface area contributed by atoms with E-state index in [0.29, 0.717) is 17.3 Å². The van der Waals surface area contributed by atoms with E-state index in [9.17, 15) is 4.79 Å². The number of carbonyl (C=O) groups is 1. The van der Waals surface area contributed by atoms with Gasteiger partial charge in [0.15, 0.2) is 6.61 Å². The van der Waals surface area contributed by atoms with Crippen LogP contribution in [0.25, 0.3) is 0 Å². The average molecular weight is 321 g/mol. The molecule has 0 unspecified atom stereocenters. The maximum absolute atomic E-state index is 11.7. The zero-order valence-corrected chi connectivity index (χ0v) is 13.1. The smallest absolute Gasteiger partial charge is 0.258 e. The van der Waals surface area contributed by atoms with Gasteiger partial charge in [0.2, 0.25) is 0 Å². The molecule has 1 aromatic carbocycles. The topological polar surface area (TPSA) is 77.2 Å². The molecule has 0 fully saturated rings. The van der Waals surface area contributed by atoms with Crippen LogP contribution in [0.1, 0.15) is 15.4 Å². The summed E-state index contributed by atoms with van der Waals surface area (Å²) >= 11 is 6.42. The van der Waals surface area contributed by atoms with Gasteiger partial charge in [0.25, 0.3) is 5.91 Å². The summed E-state index contributed by atoms with van der Waals surface area (Å²) in [7, 11) is 0. The fourth-order valence-corrected chi connectivity index (χ4v) is 2.44. The van der Waals surface area contributed by atoms with E-state index >= 15 is 0 Å². The van der Waals surface area contributed by atoms with Crippen LogP contribution in [0.15, 0.2) is 30.5 Å². The van der Waals surface area contributed by atoms with Gasteiger partial charge in [0, 0.05) is 16.6 Å². The summed E-state index contributed by atoms with van der Waals surface area (Å²) in [5.74, 6) is 0.400. The van der Waals surface area contributed by atoms with Crippen molar-refractivity contribution >= 4 is 34.5 Å². The van der Waals surface area contributed by atoms with Crippen LogP contribution in [0.4, 0.5) is 0 Å². The highest BCUT2D eigenvalue weighted by molar-refractivity contribution is 7.80. The predicted octanol–water partition coefficient (Wildman–Crippen LogP) is 1.78. The Balaban J connectivity index is 1.77. The minimum atomic E-state index is -0.193. The third-order valence-electron chi connectivity index (χ3n) is 2.61. The van der Waals surface area contributed by atoms with Gasteiger partial charge >= 0.3 is 0 Å². The number of thiocarbonyl (C=S) groups is 1. The first-order valence-electron chi connectivity index (χ1n) is 6.25. The molecular formula is C14H15N3O2S2. The van der Waals surface area contributed by atoms with Gasteiger partial charge in [-0.05, 0) is 31.2 Å². The van der Waals surface area contributed by atoms with Gasteiger partial charge in [-0.25, -0.2) is 4.98 Å². The summed E-state index contributed by atoms with van der Waals surface area (Å²) in [5, 5.41) is 3.63. The maximum atomic E-state index is 11.7. The Labute approximate surface area is 132 Å². The van der Waals surface area contributed by atoms with Crippen molar-refractivity contribution in [3.63, 3.8) is 0 Å². The van der Waals surface area contributed by atoms with Crippen LogP contribution in [0.3, 0.4) is 0 Å². The van der Waals surface area contributed by atoms with Gasteiger partial charge in [-0.3, -0.25) is 4.79 Å². The molecule has 110 valence electrons. The highest BCUT2D eigenvalue weighted by atomic mass is 32.1. The third kappa shape index (κ3) is 4.80. The molecule has 0 aliphatic rings. The van der Waals surface area contributed by atoms with E-state index < -0.39 is 0 Å². The summed E-state index contributed by atoms with van der Waals surface area (Å²) < 4.78 is 5.38. The SMILES string of the molecule is Cc1cnc(CNC(=O)COc2ccc(C(N)=S)cc2)s1. The molecule has 0 atom stereocenters. The quantitative estimate of drug-likeness (QED) is 0.793. The molecule has 1 heterocycles. The number of hydrogen-bond acceptors (Lipinski definition) is 5. The summed E-state index contributed by atoms with van der Waals surface area (Å²) in [6.45, 7) is 2.35. The van der Waals surface area contributed by atoms with E-state index in [1.165, 1.54) is 0 Å². The molecule has 21 heavy (non-hydrogen) atoms. The molecule has 0 saturated heterocycles. The van der Waals surface area contributed by atoms with Gasteiger partial charge < -0.3 is 15.8 Å². The highest BCUT2D eigenvalue weighted by Crippen LogP contribution is 2.12. The lowest BCUT2D eigenvalue weighted by Gasteiger charge is -2.07. The van der Waals surface area contributed by atoms with Crippen molar-refractivity contribution in [2.45, 2.75) is 13.5 Å². The van der Waals surface area contributed by atoms with Gasteiger partial charge in [0.05, 0.1) is 6.54 Å². The Morgan fingerprint density at radius 1 is 1.43 bits per heavy atom. The third-order valence-corrected chi connectivity index (χ3v) is 3.76. The summed E-state index contributed by atoms with van der Waals surface area (Å²) in [4.78, 5) is 17.3. The molecule has 0 aliphatic carbocycles. The molecule has 0 bridgehead atoms. The maximum Gasteiger partial charge on any atom is 0.258 e. The first-order valence-corrected chi connectivity index (χ1v) is 7.48. The predicted molar refractivity (Wildman–Crippen MR) is 86.5 cm³/mol. The Morgan fingerprint density at radius 3 is 2.71 bits per heavy atom. The lowest BCUT2D eigenvalue weighted by Crippen LogP contribution is -2.28. The van der Waals surface area contributed by atoms with E-state index in [1.807, 2.05) is 6.92 Å². The number of nitrogens with one attached hydrogen (secondary N) is 1. The number of aromatic nitrogens is 1. The zero-order chi connectivity index (χ0) is 15.2. The van der Waals surface area contributed by atoms with Crippen molar-refractivity contribution in [3.8, 4) is 5.75 Å². The van der Waals surface area contributed by atoms with Crippen LogP contribution < -0.4 is 15.8 Å². The number of thiazole rings is 1. The van der Waals surface area contributed by atoms with Crippen LogP contribution in [0.2, 0.25) is 0 Å². The summed E-state index contributed by atoms with van der Waals surface area (Å²) in [6, 6.07) is 6.97. The van der Waals surface area contributed by atoms with Crippen LogP contribution >= 0.6 is 23.6 Å². The first-order chi connectivity index (χ1) is 10.0. The minimum Gasteiger partial charge on any atom is -0.484 e. The van der Waals surface area contributed by atoms with Gasteiger partial charge in [-0.2, -0.15) is 0 Å². The molecule has 0 radical (unpaired) electrons. The minimum absolute atomic E-state index is 0.0449. The van der Waals surface area contributed by atoms with E-state index in [4.69, 9.17) is 22.7 Å². The fraction of sp³-hybridized carbons (Fsp3) is 0.214. The largest absolute Gasteiger partial charge is 0.484 e. The molecule has 1 amide bonds. The van der Waals surface area contributed by atoms with Crippen LogP contribution in [0.5, 0.6) is 5.75 Å². The van der Waals surface area contributed by atoms with E-state index in [2.05, 4.69) is 10.3 Å². The second kappa shape index (κ2) is 7.14. The molecule has 1 aromatic heterocycles. The van der Waals surface area contributed by atoms with Crippen molar-refractivity contribution in [3.05, 3.63) is 45.9 Å². The molecule has 5 nitrogen and oxygen atoms in total. The van der Waals surface area contributed by atoms with Crippen molar-refractivity contribution in [2.75, 3.05) is 6.61 Å². The number of carbonyl (C=O) groups excluding carboxylic acids is 1. The highest BCUT2D eigenvalue weighted by Gasteiger charge is 2.05. The number of amides is 1. The standard InChI is InChI=1S/C14H15N3O2S2/c1-9-6-17-13(21-9)7-16-12(18)8-19-11-4-2-10(3-5-11)14(15)20/h2-6H,7-8H2,1H3,(H2,15,20)(H,16,18). The molecule has 7 heteroatoms. The average Bonchev–Trinajstić information content (AvgIpc) is 2.89. The van der Waals surface area contributed by atoms with Crippen molar-refractivity contribution in [1.29, 1.82) is 0 Å². The Bertz CT molecular complexity index is 638. The second-order valence-corrected chi connectivity index (χ2v) is 6.08. The second-order valence-electron chi connectivity index (χ2n) is 4.32. The van der Waals surface area contributed by atoms with E-state index in [1.54, 1.807) is 41.8 Å². The Morgan fingerprint density at radius 2 is 2.14 bits per heavy atom.